The van der Waals surface area contributed by atoms with Crippen molar-refractivity contribution in [3.63, 3.8) is 0 Å². The molecule has 7 atom stereocenters. The fraction of sp³-hybridized carbons (Fsp3) is 0.897. The van der Waals surface area contributed by atoms with Gasteiger partial charge >= 0.3 is 6.09 Å². The summed E-state index contributed by atoms with van der Waals surface area (Å²) in [6.45, 7) is 4.52. The molecule has 2 aliphatic heterocycles. The van der Waals surface area contributed by atoms with Gasteiger partial charge < -0.3 is 20.7 Å². The van der Waals surface area contributed by atoms with Crippen LogP contribution in [0.25, 0.3) is 0 Å². The van der Waals surface area contributed by atoms with Gasteiger partial charge in [-0.15, -0.1) is 0 Å². The zero-order valence-electron chi connectivity index (χ0n) is 22.8. The molecule has 0 spiro atoms. The van der Waals surface area contributed by atoms with Gasteiger partial charge in [0.1, 0.15) is 0 Å². The molecule has 8 nitrogen and oxygen atoms in total. The van der Waals surface area contributed by atoms with Crippen molar-refractivity contribution < 1.29 is 14.3 Å². The van der Waals surface area contributed by atoms with Crippen molar-refractivity contribution in [3.05, 3.63) is 0 Å². The van der Waals surface area contributed by atoms with Crippen LogP contribution in [0.4, 0.5) is 4.79 Å². The Morgan fingerprint density at radius 2 is 1.70 bits per heavy atom. The van der Waals surface area contributed by atoms with E-state index in [1.54, 1.807) is 4.90 Å². The van der Waals surface area contributed by atoms with Gasteiger partial charge in [0.2, 0.25) is 5.91 Å². The lowest BCUT2D eigenvalue weighted by Gasteiger charge is -2.45. The number of nitrogens with two attached hydrogens (primary N) is 1. The maximum atomic E-state index is 13.8. The standard InChI is InChI=1S/C29H49N5O3/c1-2-37-29(36)33-14-12-23(13-15-33)32-28(35)26-16-20-10-11-21(27(30)31)17-25(20)34(26)18-22-8-5-7-19-6-3-4-9-24(19)22/h19-26H,2-18H2,1H3,(H3,30,31)(H,32,35). The van der Waals surface area contributed by atoms with E-state index >= 15 is 0 Å². The second kappa shape index (κ2) is 11.9. The summed E-state index contributed by atoms with van der Waals surface area (Å²) >= 11 is 0. The molecule has 0 aromatic carbocycles. The van der Waals surface area contributed by atoms with Crippen molar-refractivity contribution in [1.29, 1.82) is 5.41 Å². The highest BCUT2D eigenvalue weighted by Gasteiger charge is 2.49. The minimum Gasteiger partial charge on any atom is -0.450 e. The quantitative estimate of drug-likeness (QED) is 0.364. The van der Waals surface area contributed by atoms with Crippen molar-refractivity contribution in [2.45, 2.75) is 109 Å². The number of hydrogen-bond donors (Lipinski definition) is 3. The normalized spacial score (nSPS) is 36.9. The number of amides is 2. The molecular weight excluding hydrogens is 466 g/mol. The fourth-order valence-corrected chi connectivity index (χ4v) is 8.63. The Labute approximate surface area is 222 Å². The van der Waals surface area contributed by atoms with Crippen LogP contribution < -0.4 is 11.1 Å². The number of likely N-dealkylation sites (tertiary alicyclic amines) is 2. The van der Waals surface area contributed by atoms with E-state index in [-0.39, 0.29) is 30.0 Å². The third-order valence-electron chi connectivity index (χ3n) is 10.6. The van der Waals surface area contributed by atoms with E-state index in [4.69, 9.17) is 15.9 Å². The molecule has 0 aromatic heterocycles. The summed E-state index contributed by atoms with van der Waals surface area (Å²) in [5.74, 6) is 3.60. The van der Waals surface area contributed by atoms with E-state index in [9.17, 15) is 9.59 Å². The van der Waals surface area contributed by atoms with E-state index in [0.29, 0.717) is 43.4 Å². The second-order valence-corrected chi connectivity index (χ2v) is 12.6. The first-order valence-electron chi connectivity index (χ1n) is 15.3. The highest BCUT2D eigenvalue weighted by molar-refractivity contribution is 5.83. The molecule has 0 aromatic rings. The Balaban J connectivity index is 1.26. The Morgan fingerprint density at radius 1 is 0.946 bits per heavy atom. The zero-order valence-corrected chi connectivity index (χ0v) is 22.8. The van der Waals surface area contributed by atoms with Crippen LogP contribution in [-0.2, 0) is 9.53 Å². The number of nitrogens with zero attached hydrogens (tertiary/aromatic N) is 2. The first kappa shape index (κ1) is 26.8. The molecule has 2 amide bonds. The highest BCUT2D eigenvalue weighted by Crippen LogP contribution is 2.47. The minimum absolute atomic E-state index is 0.0761. The average molecular weight is 516 g/mol. The van der Waals surface area contributed by atoms with Gasteiger partial charge in [-0.1, -0.05) is 32.1 Å². The van der Waals surface area contributed by atoms with Gasteiger partial charge in [-0.05, 0) is 82.0 Å². The highest BCUT2D eigenvalue weighted by atomic mass is 16.6. The third kappa shape index (κ3) is 5.94. The zero-order chi connectivity index (χ0) is 25.9. The predicted molar refractivity (Wildman–Crippen MR) is 144 cm³/mol. The van der Waals surface area contributed by atoms with Crippen LogP contribution in [0.3, 0.4) is 0 Å². The Hall–Kier alpha value is -1.83. The van der Waals surface area contributed by atoms with E-state index in [1.165, 1.54) is 44.9 Å². The van der Waals surface area contributed by atoms with E-state index in [2.05, 4.69) is 10.2 Å². The summed E-state index contributed by atoms with van der Waals surface area (Å²) in [5.41, 5.74) is 5.99. The van der Waals surface area contributed by atoms with Crippen LogP contribution in [0.5, 0.6) is 0 Å². The maximum Gasteiger partial charge on any atom is 0.409 e. The molecule has 8 heteroatoms. The number of nitrogens with one attached hydrogen (secondary N) is 2. The van der Waals surface area contributed by atoms with Crippen molar-refractivity contribution in [2.75, 3.05) is 26.2 Å². The van der Waals surface area contributed by atoms with Gasteiger partial charge in [0.05, 0.1) is 18.5 Å². The molecule has 0 radical (unpaired) electrons. The van der Waals surface area contributed by atoms with Crippen molar-refractivity contribution >= 4 is 17.8 Å². The number of amidine groups is 1. The Kier molecular flexibility index (Phi) is 8.62. The summed E-state index contributed by atoms with van der Waals surface area (Å²) in [4.78, 5) is 30.2. The molecule has 7 unspecified atom stereocenters. The van der Waals surface area contributed by atoms with Gasteiger partial charge in [0.25, 0.3) is 0 Å². The SMILES string of the molecule is CCOC(=O)N1CCC(NC(=O)C2CC3CCC(C(=N)N)CC3N2CC2CCCC3CCCCC32)CC1. The molecule has 4 N–H and O–H groups in total. The lowest BCUT2D eigenvalue weighted by atomic mass is 9.65. The minimum atomic E-state index is -0.244. The smallest absolute Gasteiger partial charge is 0.409 e. The molecule has 5 aliphatic rings. The number of hydrogen-bond acceptors (Lipinski definition) is 5. The Morgan fingerprint density at radius 3 is 2.46 bits per heavy atom. The largest absolute Gasteiger partial charge is 0.450 e. The van der Waals surface area contributed by atoms with Crippen LogP contribution >= 0.6 is 0 Å². The molecular formula is C29H49N5O3. The number of carbonyl (C=O) groups is 2. The lowest BCUT2D eigenvalue weighted by Crippen LogP contribution is -2.54. The van der Waals surface area contributed by atoms with E-state index in [0.717, 1.165) is 56.9 Å². The topological polar surface area (TPSA) is 112 Å². The van der Waals surface area contributed by atoms with Crippen LogP contribution in [0.2, 0.25) is 0 Å². The molecule has 208 valence electrons. The number of rotatable bonds is 6. The molecule has 3 aliphatic carbocycles. The number of ether oxygens (including phenoxy) is 1. The van der Waals surface area contributed by atoms with Crippen LogP contribution in [0, 0.1) is 35.0 Å². The third-order valence-corrected chi connectivity index (χ3v) is 10.6. The van der Waals surface area contributed by atoms with Gasteiger partial charge in [-0.2, -0.15) is 0 Å². The van der Waals surface area contributed by atoms with E-state index in [1.807, 2.05) is 6.92 Å². The van der Waals surface area contributed by atoms with Gasteiger partial charge in [0.15, 0.2) is 0 Å². The molecule has 5 fully saturated rings. The van der Waals surface area contributed by atoms with Gasteiger partial charge in [-0.25, -0.2) is 4.79 Å². The molecule has 37 heavy (non-hydrogen) atoms. The number of fused-ring (bicyclic) bond motifs is 2. The molecule has 3 saturated carbocycles. The van der Waals surface area contributed by atoms with Crippen molar-refractivity contribution in [1.82, 2.24) is 15.1 Å². The van der Waals surface area contributed by atoms with Crippen molar-refractivity contribution in [2.24, 2.45) is 35.3 Å². The fourth-order valence-electron chi connectivity index (χ4n) is 8.63. The first-order valence-corrected chi connectivity index (χ1v) is 15.3. The van der Waals surface area contributed by atoms with Gasteiger partial charge in [-0.3, -0.25) is 15.1 Å². The summed E-state index contributed by atoms with van der Waals surface area (Å²) in [7, 11) is 0. The average Bonchev–Trinajstić information content (AvgIpc) is 3.27. The second-order valence-electron chi connectivity index (χ2n) is 12.6. The summed E-state index contributed by atoms with van der Waals surface area (Å²) in [6, 6.07) is 0.408. The van der Waals surface area contributed by atoms with Crippen LogP contribution in [0.1, 0.15) is 90.4 Å². The molecule has 2 heterocycles. The Bertz CT molecular complexity index is 826. The maximum absolute atomic E-state index is 13.8. The summed E-state index contributed by atoms with van der Waals surface area (Å²) in [5, 5.41) is 11.5. The van der Waals surface area contributed by atoms with Crippen LogP contribution in [0.15, 0.2) is 0 Å². The number of carbonyl (C=O) groups excluding carboxylic acids is 2. The first-order chi connectivity index (χ1) is 17.9. The summed E-state index contributed by atoms with van der Waals surface area (Å²) in [6.07, 6.45) is 14.8. The van der Waals surface area contributed by atoms with E-state index < -0.39 is 0 Å². The van der Waals surface area contributed by atoms with Crippen LogP contribution in [-0.4, -0.2) is 72.0 Å². The molecule has 0 bridgehead atoms. The van der Waals surface area contributed by atoms with Gasteiger partial charge in [0, 0.05) is 37.6 Å². The van der Waals surface area contributed by atoms with Crippen molar-refractivity contribution in [3.8, 4) is 0 Å². The lowest BCUT2D eigenvalue weighted by molar-refractivity contribution is -0.127. The number of piperidine rings is 1. The molecule has 2 saturated heterocycles. The summed E-state index contributed by atoms with van der Waals surface area (Å²) < 4.78 is 5.15. The predicted octanol–water partition coefficient (Wildman–Crippen LogP) is 4.13. The molecule has 5 rings (SSSR count). The monoisotopic (exact) mass is 515 g/mol.